The number of hydrogen-bond acceptors (Lipinski definition) is 3. The molecule has 1 aromatic heterocycles. The summed E-state index contributed by atoms with van der Waals surface area (Å²) >= 11 is 1.71. The molecule has 0 saturated heterocycles. The smallest absolute Gasteiger partial charge is 0.233 e. The van der Waals surface area contributed by atoms with Gasteiger partial charge in [0.2, 0.25) is 5.91 Å². The monoisotopic (exact) mass is 226 g/mol. The highest BCUT2D eigenvalue weighted by Gasteiger charge is 2.07. The maximum absolute atomic E-state index is 11.3. The van der Waals surface area contributed by atoms with Crippen LogP contribution in [0.5, 0.6) is 0 Å². The van der Waals surface area contributed by atoms with Crippen LogP contribution in [0.2, 0.25) is 0 Å². The van der Waals surface area contributed by atoms with E-state index in [0.29, 0.717) is 6.54 Å². The maximum Gasteiger partial charge on any atom is 0.233 e. The molecule has 0 unspecified atom stereocenters. The SMILES string of the molecule is CCCNC(=O)CN[C@H](C)c1cccs1. The highest BCUT2D eigenvalue weighted by molar-refractivity contribution is 7.10. The summed E-state index contributed by atoms with van der Waals surface area (Å²) in [4.78, 5) is 12.6. The standard InChI is InChI=1S/C11H18N2OS/c1-3-6-12-11(14)8-13-9(2)10-5-4-7-15-10/h4-5,7,9,13H,3,6,8H2,1-2H3,(H,12,14)/t9-/m1/s1. The summed E-state index contributed by atoms with van der Waals surface area (Å²) in [7, 11) is 0. The summed E-state index contributed by atoms with van der Waals surface area (Å²) in [6.45, 7) is 5.26. The Morgan fingerprint density at radius 2 is 2.40 bits per heavy atom. The third-order valence-corrected chi connectivity index (χ3v) is 3.17. The van der Waals surface area contributed by atoms with E-state index in [1.807, 2.05) is 18.4 Å². The zero-order valence-corrected chi connectivity index (χ0v) is 10.1. The van der Waals surface area contributed by atoms with Gasteiger partial charge in [-0.3, -0.25) is 4.79 Å². The predicted octanol–water partition coefficient (Wildman–Crippen LogP) is 1.92. The fourth-order valence-electron chi connectivity index (χ4n) is 1.21. The van der Waals surface area contributed by atoms with Gasteiger partial charge in [-0.25, -0.2) is 0 Å². The molecular weight excluding hydrogens is 208 g/mol. The van der Waals surface area contributed by atoms with Crippen molar-refractivity contribution in [3.8, 4) is 0 Å². The van der Waals surface area contributed by atoms with Crippen molar-refractivity contribution in [3.63, 3.8) is 0 Å². The Morgan fingerprint density at radius 3 is 3.00 bits per heavy atom. The van der Waals surface area contributed by atoms with Crippen LogP contribution >= 0.6 is 11.3 Å². The molecular formula is C11H18N2OS. The minimum Gasteiger partial charge on any atom is -0.355 e. The number of thiophene rings is 1. The summed E-state index contributed by atoms with van der Waals surface area (Å²) in [5.41, 5.74) is 0. The van der Waals surface area contributed by atoms with Gasteiger partial charge in [-0.05, 0) is 24.8 Å². The van der Waals surface area contributed by atoms with Crippen molar-refractivity contribution in [1.82, 2.24) is 10.6 Å². The van der Waals surface area contributed by atoms with E-state index in [4.69, 9.17) is 0 Å². The van der Waals surface area contributed by atoms with Crippen LogP contribution in [-0.4, -0.2) is 19.0 Å². The van der Waals surface area contributed by atoms with Gasteiger partial charge >= 0.3 is 0 Å². The first-order valence-electron chi connectivity index (χ1n) is 5.27. The first kappa shape index (κ1) is 12.2. The molecule has 2 N–H and O–H groups in total. The molecule has 0 aliphatic carbocycles. The Hall–Kier alpha value is -0.870. The van der Waals surface area contributed by atoms with E-state index in [1.54, 1.807) is 11.3 Å². The minimum absolute atomic E-state index is 0.0697. The molecule has 0 fully saturated rings. The number of carbonyl (C=O) groups is 1. The van der Waals surface area contributed by atoms with Crippen LogP contribution in [0.15, 0.2) is 17.5 Å². The lowest BCUT2D eigenvalue weighted by Gasteiger charge is -2.11. The van der Waals surface area contributed by atoms with Crippen molar-refractivity contribution in [2.45, 2.75) is 26.3 Å². The van der Waals surface area contributed by atoms with Gasteiger partial charge < -0.3 is 10.6 Å². The molecule has 1 aromatic rings. The molecule has 3 nitrogen and oxygen atoms in total. The summed E-state index contributed by atoms with van der Waals surface area (Å²) in [5, 5.41) is 8.07. The zero-order chi connectivity index (χ0) is 11.1. The van der Waals surface area contributed by atoms with Gasteiger partial charge in [-0.2, -0.15) is 0 Å². The molecule has 84 valence electrons. The molecule has 0 saturated carbocycles. The highest BCUT2D eigenvalue weighted by atomic mass is 32.1. The zero-order valence-electron chi connectivity index (χ0n) is 9.25. The Labute approximate surface area is 94.9 Å². The minimum atomic E-state index is 0.0697. The van der Waals surface area contributed by atoms with E-state index in [9.17, 15) is 4.79 Å². The lowest BCUT2D eigenvalue weighted by atomic mass is 10.3. The molecule has 1 atom stereocenters. The van der Waals surface area contributed by atoms with Crippen LogP contribution in [0.25, 0.3) is 0 Å². The van der Waals surface area contributed by atoms with Gasteiger partial charge in [-0.1, -0.05) is 13.0 Å². The molecule has 0 aliphatic rings. The largest absolute Gasteiger partial charge is 0.355 e. The molecule has 1 rings (SSSR count). The van der Waals surface area contributed by atoms with Crippen LogP contribution < -0.4 is 10.6 Å². The van der Waals surface area contributed by atoms with E-state index >= 15 is 0 Å². The van der Waals surface area contributed by atoms with E-state index in [-0.39, 0.29) is 11.9 Å². The second-order valence-corrected chi connectivity index (χ2v) is 4.45. The lowest BCUT2D eigenvalue weighted by molar-refractivity contribution is -0.120. The molecule has 0 spiro atoms. The quantitative estimate of drug-likeness (QED) is 0.778. The van der Waals surface area contributed by atoms with Gasteiger partial charge in [0.1, 0.15) is 0 Å². The van der Waals surface area contributed by atoms with Crippen LogP contribution in [-0.2, 0) is 4.79 Å². The van der Waals surface area contributed by atoms with E-state index in [2.05, 4.69) is 23.6 Å². The van der Waals surface area contributed by atoms with Crippen molar-refractivity contribution >= 4 is 17.2 Å². The topological polar surface area (TPSA) is 41.1 Å². The van der Waals surface area contributed by atoms with Crippen molar-refractivity contribution < 1.29 is 4.79 Å². The highest BCUT2D eigenvalue weighted by Crippen LogP contribution is 2.17. The third-order valence-electron chi connectivity index (χ3n) is 2.11. The first-order chi connectivity index (χ1) is 7.24. The van der Waals surface area contributed by atoms with Gasteiger partial charge in [0, 0.05) is 17.5 Å². The summed E-state index contributed by atoms with van der Waals surface area (Å²) in [6, 6.07) is 4.35. The molecule has 1 amide bonds. The molecule has 15 heavy (non-hydrogen) atoms. The number of hydrogen-bond donors (Lipinski definition) is 2. The van der Waals surface area contributed by atoms with Gasteiger partial charge in [0.15, 0.2) is 0 Å². The molecule has 0 aliphatic heterocycles. The van der Waals surface area contributed by atoms with Crippen molar-refractivity contribution in [2.24, 2.45) is 0 Å². The lowest BCUT2D eigenvalue weighted by Crippen LogP contribution is -2.35. The van der Waals surface area contributed by atoms with Crippen LogP contribution in [0.3, 0.4) is 0 Å². The van der Waals surface area contributed by atoms with Crippen molar-refractivity contribution in [2.75, 3.05) is 13.1 Å². The number of nitrogens with one attached hydrogen (secondary N) is 2. The van der Waals surface area contributed by atoms with Gasteiger partial charge in [-0.15, -0.1) is 11.3 Å². The van der Waals surface area contributed by atoms with Crippen LogP contribution in [0.4, 0.5) is 0 Å². The Bertz CT molecular complexity index is 285. The number of carbonyl (C=O) groups excluding carboxylic acids is 1. The second-order valence-electron chi connectivity index (χ2n) is 3.47. The average molecular weight is 226 g/mol. The average Bonchev–Trinajstić information content (AvgIpc) is 2.76. The van der Waals surface area contributed by atoms with Gasteiger partial charge in [0.25, 0.3) is 0 Å². The maximum atomic E-state index is 11.3. The summed E-state index contributed by atoms with van der Waals surface area (Å²) in [6.07, 6.45) is 0.978. The molecule has 0 radical (unpaired) electrons. The summed E-state index contributed by atoms with van der Waals surface area (Å²) in [5.74, 6) is 0.0697. The van der Waals surface area contributed by atoms with Crippen LogP contribution in [0.1, 0.15) is 31.2 Å². The Balaban J connectivity index is 2.22. The number of amides is 1. The molecule has 0 aromatic carbocycles. The third kappa shape index (κ3) is 4.44. The van der Waals surface area contributed by atoms with Crippen molar-refractivity contribution in [3.05, 3.63) is 22.4 Å². The Morgan fingerprint density at radius 1 is 1.60 bits per heavy atom. The van der Waals surface area contributed by atoms with E-state index < -0.39 is 0 Å². The fourth-order valence-corrected chi connectivity index (χ4v) is 1.97. The van der Waals surface area contributed by atoms with Crippen LogP contribution in [0, 0.1) is 0 Å². The second kappa shape index (κ2) is 6.58. The first-order valence-corrected chi connectivity index (χ1v) is 6.15. The van der Waals surface area contributed by atoms with Gasteiger partial charge in [0.05, 0.1) is 6.54 Å². The molecule has 0 bridgehead atoms. The van der Waals surface area contributed by atoms with E-state index in [0.717, 1.165) is 13.0 Å². The Kier molecular flexibility index (Phi) is 5.36. The van der Waals surface area contributed by atoms with E-state index in [1.165, 1.54) is 4.88 Å². The molecule has 1 heterocycles. The molecule has 4 heteroatoms. The van der Waals surface area contributed by atoms with Crippen molar-refractivity contribution in [1.29, 1.82) is 0 Å². The number of rotatable bonds is 6. The normalized spacial score (nSPS) is 12.4. The summed E-state index contributed by atoms with van der Waals surface area (Å²) < 4.78 is 0. The predicted molar refractivity (Wildman–Crippen MR) is 64.0 cm³/mol. The fraction of sp³-hybridized carbons (Fsp3) is 0.545.